The monoisotopic (exact) mass is 573 g/mol. The summed E-state index contributed by atoms with van der Waals surface area (Å²) >= 11 is 25.4. The number of aromatic nitrogens is 1. The number of halogens is 4. The number of pyridine rings is 1. The van der Waals surface area contributed by atoms with Gasteiger partial charge in [-0.3, -0.25) is 4.98 Å². The van der Waals surface area contributed by atoms with E-state index in [1.165, 1.54) is 0 Å². The number of rotatable bonds is 5. The third-order valence-corrected chi connectivity index (χ3v) is 6.29. The maximum Gasteiger partial charge on any atom is 0.154 e. The van der Waals surface area contributed by atoms with Crippen molar-refractivity contribution in [2.75, 3.05) is 0 Å². The van der Waals surface area contributed by atoms with Crippen LogP contribution in [0.15, 0.2) is 48.7 Å². The van der Waals surface area contributed by atoms with Crippen molar-refractivity contribution in [3.05, 3.63) is 86.7 Å². The molecule has 2 aromatic carbocycles. The summed E-state index contributed by atoms with van der Waals surface area (Å²) in [6.07, 6.45) is 1.73. The van der Waals surface area contributed by atoms with E-state index in [2.05, 4.69) is 46.5 Å². The molecule has 0 saturated heterocycles. The van der Waals surface area contributed by atoms with Gasteiger partial charge in [0.15, 0.2) is 11.5 Å². The Kier molecular flexibility index (Phi) is 9.84. The molecule has 0 aliphatic heterocycles. The van der Waals surface area contributed by atoms with Crippen LogP contribution in [0.3, 0.4) is 0 Å². The van der Waals surface area contributed by atoms with Gasteiger partial charge in [-0.15, -0.1) is 0 Å². The number of hydrogen-bond acceptors (Lipinski definition) is 3. The Labute approximate surface area is 237 Å². The van der Waals surface area contributed by atoms with E-state index in [1.807, 2.05) is 42.5 Å². The van der Waals surface area contributed by atoms with E-state index in [9.17, 15) is 0 Å². The van der Waals surface area contributed by atoms with Gasteiger partial charge in [-0.1, -0.05) is 70.8 Å². The summed E-state index contributed by atoms with van der Waals surface area (Å²) in [6.45, 7) is 12.4. The minimum atomic E-state index is -0.465. The minimum Gasteiger partial charge on any atom is -0.385 e. The maximum absolute atomic E-state index is 6.61. The van der Waals surface area contributed by atoms with Crippen LogP contribution in [-0.4, -0.2) is 4.98 Å². The van der Waals surface area contributed by atoms with Crippen LogP contribution in [0.4, 0.5) is 0 Å². The summed E-state index contributed by atoms with van der Waals surface area (Å²) in [4.78, 5) is 4.64. The predicted octanol–water partition coefficient (Wildman–Crippen LogP) is 9.23. The minimum absolute atomic E-state index is 0. The fraction of sp³-hybridized carbons (Fsp3) is 0.346. The van der Waals surface area contributed by atoms with Crippen molar-refractivity contribution in [2.24, 2.45) is 0 Å². The summed E-state index contributed by atoms with van der Waals surface area (Å²) in [5, 5.41) is 1.11. The van der Waals surface area contributed by atoms with E-state index in [0.717, 1.165) is 27.9 Å². The fourth-order valence-electron chi connectivity index (χ4n) is 3.98. The van der Waals surface area contributed by atoms with Crippen LogP contribution >= 0.6 is 46.9 Å². The average Bonchev–Trinajstić information content (AvgIpc) is 2.73. The number of hydrogen-bond donors (Lipinski definition) is 0. The molecule has 3 aromatic rings. The third-order valence-electron chi connectivity index (χ3n) is 5.54. The van der Waals surface area contributed by atoms with Gasteiger partial charge in [0.25, 0.3) is 0 Å². The summed E-state index contributed by atoms with van der Waals surface area (Å²) in [5.41, 5.74) is 3.38. The van der Waals surface area contributed by atoms with Gasteiger partial charge in [0.05, 0.1) is 11.6 Å². The van der Waals surface area contributed by atoms with Crippen LogP contribution in [0.5, 0.6) is 11.5 Å². The van der Waals surface area contributed by atoms with Crippen molar-refractivity contribution < 1.29 is 30.3 Å². The van der Waals surface area contributed by atoms with Crippen molar-refractivity contribution in [3.63, 3.8) is 0 Å². The molecule has 0 bridgehead atoms. The molecule has 3 rings (SSSR count). The molecular weight excluding hydrogens is 548 g/mol. The fourth-order valence-corrected chi connectivity index (χ4v) is 4.78. The standard InChI is InChI=1S/C26H27Cl4NO2.Ti/c1-25(2,3)19-13-15(27)11-17(23(19)32-29)22(21-9-7-8-10-31-21)18-12-16(28)14-20(24(18)33-30)26(4,5)6;/h7-14,22H,1-6H3;. The summed E-state index contributed by atoms with van der Waals surface area (Å²) in [7, 11) is 0. The van der Waals surface area contributed by atoms with Crippen molar-refractivity contribution in [1.82, 2.24) is 4.98 Å². The van der Waals surface area contributed by atoms with Crippen LogP contribution in [0.1, 0.15) is 75.4 Å². The van der Waals surface area contributed by atoms with Crippen molar-refractivity contribution in [3.8, 4) is 11.5 Å². The van der Waals surface area contributed by atoms with Gasteiger partial charge in [0.1, 0.15) is 23.7 Å². The molecule has 0 unspecified atom stereocenters. The summed E-state index contributed by atoms with van der Waals surface area (Å²) in [5.74, 6) is 0.567. The summed E-state index contributed by atoms with van der Waals surface area (Å²) < 4.78 is 10.9. The third kappa shape index (κ3) is 6.24. The molecule has 34 heavy (non-hydrogen) atoms. The second-order valence-electron chi connectivity index (χ2n) is 10.1. The average molecular weight is 575 g/mol. The summed E-state index contributed by atoms with van der Waals surface area (Å²) in [6, 6.07) is 13.1. The van der Waals surface area contributed by atoms with Gasteiger partial charge in [0, 0.05) is 60.2 Å². The zero-order valence-electron chi connectivity index (χ0n) is 20.0. The Hall–Kier alpha value is -0.936. The number of benzene rings is 2. The Morgan fingerprint density at radius 3 is 1.50 bits per heavy atom. The molecule has 3 nitrogen and oxygen atoms in total. The van der Waals surface area contributed by atoms with E-state index < -0.39 is 5.92 Å². The normalized spacial score (nSPS) is 11.9. The SMILES string of the molecule is CC(C)(C)c1cc(Cl)cc(C(c2ccccn2)c2cc(Cl)cc(C(C)(C)C)c2OCl)c1OCl.[Ti]. The second-order valence-corrected chi connectivity index (χ2v) is 11.3. The molecule has 0 amide bonds. The quantitative estimate of drug-likeness (QED) is 0.285. The molecule has 0 radical (unpaired) electrons. The first-order valence-electron chi connectivity index (χ1n) is 10.5. The van der Waals surface area contributed by atoms with E-state index in [1.54, 1.807) is 6.20 Å². The van der Waals surface area contributed by atoms with Crippen LogP contribution in [0.2, 0.25) is 10.0 Å². The molecule has 1 heterocycles. The molecule has 1 aromatic heterocycles. The predicted molar refractivity (Wildman–Crippen MR) is 138 cm³/mol. The Morgan fingerprint density at radius 1 is 0.735 bits per heavy atom. The Balaban J connectivity index is 0.00000408. The van der Waals surface area contributed by atoms with Gasteiger partial charge in [-0.05, 0) is 47.2 Å². The largest absolute Gasteiger partial charge is 0.385 e. The Morgan fingerprint density at radius 2 is 1.18 bits per heavy atom. The molecular formula is C26H27Cl4NO2Ti. The van der Waals surface area contributed by atoms with Gasteiger partial charge >= 0.3 is 0 Å². The molecule has 0 N–H and O–H groups in total. The molecule has 0 aliphatic carbocycles. The molecule has 0 fully saturated rings. The second kappa shape index (κ2) is 11.4. The first-order chi connectivity index (χ1) is 15.4. The van der Waals surface area contributed by atoms with E-state index in [4.69, 9.17) is 55.5 Å². The van der Waals surface area contributed by atoms with Gasteiger partial charge in [-0.25, -0.2) is 0 Å². The van der Waals surface area contributed by atoms with Crippen LogP contribution in [0.25, 0.3) is 0 Å². The first kappa shape index (κ1) is 29.3. The molecule has 0 saturated carbocycles. The zero-order chi connectivity index (χ0) is 24.6. The Bertz CT molecular complexity index is 1070. The molecule has 0 aliphatic rings. The zero-order valence-corrected chi connectivity index (χ0v) is 24.6. The van der Waals surface area contributed by atoms with Crippen molar-refractivity contribution in [1.29, 1.82) is 0 Å². The molecule has 0 atom stereocenters. The van der Waals surface area contributed by atoms with Gasteiger partial charge in [0.2, 0.25) is 0 Å². The van der Waals surface area contributed by atoms with E-state index in [0.29, 0.717) is 21.5 Å². The van der Waals surface area contributed by atoms with E-state index in [-0.39, 0.29) is 32.5 Å². The number of nitrogens with zero attached hydrogens (tertiary/aromatic N) is 1. The van der Waals surface area contributed by atoms with Crippen molar-refractivity contribution >= 4 is 46.9 Å². The van der Waals surface area contributed by atoms with Crippen LogP contribution in [0, 0.1) is 0 Å². The maximum atomic E-state index is 6.61. The van der Waals surface area contributed by atoms with Gasteiger partial charge < -0.3 is 8.58 Å². The van der Waals surface area contributed by atoms with Crippen LogP contribution in [-0.2, 0) is 32.5 Å². The topological polar surface area (TPSA) is 31.4 Å². The molecule has 180 valence electrons. The van der Waals surface area contributed by atoms with Gasteiger partial charge in [-0.2, -0.15) is 0 Å². The van der Waals surface area contributed by atoms with E-state index >= 15 is 0 Å². The van der Waals surface area contributed by atoms with Crippen molar-refractivity contribution in [2.45, 2.75) is 58.3 Å². The smallest absolute Gasteiger partial charge is 0.154 e. The first-order valence-corrected chi connectivity index (χ1v) is 11.9. The van der Waals surface area contributed by atoms with Crippen LogP contribution < -0.4 is 8.58 Å². The molecule has 8 heteroatoms. The molecule has 0 spiro atoms.